The van der Waals surface area contributed by atoms with Gasteiger partial charge in [-0.05, 0) is 48.4 Å². The molecule has 0 aromatic heterocycles. The van der Waals surface area contributed by atoms with E-state index in [2.05, 4.69) is 24.3 Å². The number of hydrogen-bond acceptors (Lipinski definition) is 3. The first-order chi connectivity index (χ1) is 12.7. The summed E-state index contributed by atoms with van der Waals surface area (Å²) in [5.41, 5.74) is 3.26. The quantitative estimate of drug-likeness (QED) is 0.634. The number of ketones is 1. The lowest BCUT2D eigenvalue weighted by atomic mass is 9.84. The zero-order chi connectivity index (χ0) is 18.2. The van der Waals surface area contributed by atoms with E-state index in [1.54, 1.807) is 0 Å². The molecule has 0 bridgehead atoms. The SMILES string of the molecule is O=C(CCC[C@H]1CCCCC1=O)OCc1cccc(-c2ccccc2)c1. The Kier molecular flexibility index (Phi) is 6.59. The summed E-state index contributed by atoms with van der Waals surface area (Å²) in [4.78, 5) is 23.8. The van der Waals surface area contributed by atoms with E-state index >= 15 is 0 Å². The van der Waals surface area contributed by atoms with Crippen molar-refractivity contribution in [2.24, 2.45) is 5.92 Å². The van der Waals surface area contributed by atoms with Crippen molar-refractivity contribution in [3.63, 3.8) is 0 Å². The van der Waals surface area contributed by atoms with Gasteiger partial charge in [0, 0.05) is 18.8 Å². The van der Waals surface area contributed by atoms with Crippen LogP contribution >= 0.6 is 0 Å². The number of Topliss-reactive ketones (excluding diaryl/α,β-unsaturated/α-hetero) is 1. The number of benzene rings is 2. The van der Waals surface area contributed by atoms with Gasteiger partial charge in [0.05, 0.1) is 0 Å². The van der Waals surface area contributed by atoms with Gasteiger partial charge in [-0.1, -0.05) is 55.0 Å². The molecular formula is C23H26O3. The third kappa shape index (κ3) is 5.29. The van der Waals surface area contributed by atoms with Crippen LogP contribution in [0, 0.1) is 5.92 Å². The topological polar surface area (TPSA) is 43.4 Å². The van der Waals surface area contributed by atoms with Gasteiger partial charge in [-0.3, -0.25) is 9.59 Å². The molecule has 2 aromatic carbocycles. The maximum atomic E-state index is 12.0. The van der Waals surface area contributed by atoms with Crippen LogP contribution in [0.1, 0.15) is 50.5 Å². The van der Waals surface area contributed by atoms with Crippen molar-refractivity contribution in [2.75, 3.05) is 0 Å². The molecule has 136 valence electrons. The highest BCUT2D eigenvalue weighted by Gasteiger charge is 2.21. The van der Waals surface area contributed by atoms with Crippen molar-refractivity contribution in [2.45, 2.75) is 51.6 Å². The molecule has 0 unspecified atom stereocenters. The lowest BCUT2D eigenvalue weighted by Crippen LogP contribution is -2.19. The van der Waals surface area contributed by atoms with E-state index in [0.717, 1.165) is 48.8 Å². The highest BCUT2D eigenvalue weighted by atomic mass is 16.5. The summed E-state index contributed by atoms with van der Waals surface area (Å²) < 4.78 is 5.41. The largest absolute Gasteiger partial charge is 0.461 e. The fourth-order valence-corrected chi connectivity index (χ4v) is 3.56. The number of carbonyl (C=O) groups excluding carboxylic acids is 2. The minimum absolute atomic E-state index is 0.166. The molecule has 1 aliphatic carbocycles. The Morgan fingerprint density at radius 1 is 1.00 bits per heavy atom. The molecule has 3 nitrogen and oxygen atoms in total. The van der Waals surface area contributed by atoms with Gasteiger partial charge in [0.25, 0.3) is 0 Å². The monoisotopic (exact) mass is 350 g/mol. The molecule has 26 heavy (non-hydrogen) atoms. The van der Waals surface area contributed by atoms with Gasteiger partial charge >= 0.3 is 5.97 Å². The van der Waals surface area contributed by atoms with Crippen LogP contribution in [-0.4, -0.2) is 11.8 Å². The summed E-state index contributed by atoms with van der Waals surface area (Å²) in [6.45, 7) is 0.294. The van der Waals surface area contributed by atoms with E-state index in [4.69, 9.17) is 4.74 Å². The summed E-state index contributed by atoms with van der Waals surface area (Å²) >= 11 is 0. The molecule has 0 spiro atoms. The van der Waals surface area contributed by atoms with Crippen LogP contribution in [0.4, 0.5) is 0 Å². The number of hydrogen-bond donors (Lipinski definition) is 0. The molecule has 1 atom stereocenters. The Hall–Kier alpha value is -2.42. The second kappa shape index (κ2) is 9.33. The number of ether oxygens (including phenoxy) is 1. The molecular weight excluding hydrogens is 324 g/mol. The first-order valence-corrected chi connectivity index (χ1v) is 9.55. The summed E-state index contributed by atoms with van der Waals surface area (Å²) in [5, 5.41) is 0. The molecule has 3 heteroatoms. The molecule has 0 heterocycles. The average molecular weight is 350 g/mol. The summed E-state index contributed by atoms with van der Waals surface area (Å²) in [5.74, 6) is 0.361. The zero-order valence-corrected chi connectivity index (χ0v) is 15.2. The second-order valence-corrected chi connectivity index (χ2v) is 7.03. The van der Waals surface area contributed by atoms with Crippen LogP contribution in [0.2, 0.25) is 0 Å². The summed E-state index contributed by atoms with van der Waals surface area (Å²) in [6.07, 6.45) is 5.81. The van der Waals surface area contributed by atoms with Gasteiger partial charge in [0.15, 0.2) is 0 Å². The van der Waals surface area contributed by atoms with E-state index in [1.165, 1.54) is 0 Å². The fourth-order valence-electron chi connectivity index (χ4n) is 3.56. The van der Waals surface area contributed by atoms with E-state index in [1.807, 2.05) is 30.3 Å². The molecule has 1 fully saturated rings. The second-order valence-electron chi connectivity index (χ2n) is 7.03. The zero-order valence-electron chi connectivity index (χ0n) is 15.2. The predicted octanol–water partition coefficient (Wildman–Crippen LogP) is 5.33. The minimum atomic E-state index is -0.182. The smallest absolute Gasteiger partial charge is 0.306 e. The van der Waals surface area contributed by atoms with E-state index in [-0.39, 0.29) is 11.9 Å². The normalized spacial score (nSPS) is 17.1. The molecule has 0 radical (unpaired) electrons. The Morgan fingerprint density at radius 2 is 1.81 bits per heavy atom. The lowest BCUT2D eigenvalue weighted by molar-refractivity contribution is -0.145. The van der Waals surface area contributed by atoms with E-state index in [9.17, 15) is 9.59 Å². The van der Waals surface area contributed by atoms with Crippen molar-refractivity contribution in [3.05, 3.63) is 60.2 Å². The van der Waals surface area contributed by atoms with Gasteiger partial charge in [0.2, 0.25) is 0 Å². The third-order valence-electron chi connectivity index (χ3n) is 5.05. The maximum Gasteiger partial charge on any atom is 0.306 e. The molecule has 1 saturated carbocycles. The first kappa shape index (κ1) is 18.4. The van der Waals surface area contributed by atoms with Crippen LogP contribution in [-0.2, 0) is 20.9 Å². The number of rotatable bonds is 7. The fraction of sp³-hybridized carbons (Fsp3) is 0.391. The molecule has 0 amide bonds. The van der Waals surface area contributed by atoms with Crippen LogP contribution in [0.15, 0.2) is 54.6 Å². The highest BCUT2D eigenvalue weighted by Crippen LogP contribution is 2.25. The van der Waals surface area contributed by atoms with Crippen molar-refractivity contribution >= 4 is 11.8 Å². The number of carbonyl (C=O) groups is 2. The van der Waals surface area contributed by atoms with Gasteiger partial charge in [-0.2, -0.15) is 0 Å². The van der Waals surface area contributed by atoms with Gasteiger partial charge in [0.1, 0.15) is 12.4 Å². The van der Waals surface area contributed by atoms with Crippen LogP contribution in [0.5, 0.6) is 0 Å². The first-order valence-electron chi connectivity index (χ1n) is 9.55. The highest BCUT2D eigenvalue weighted by molar-refractivity contribution is 5.81. The van der Waals surface area contributed by atoms with Crippen LogP contribution in [0.3, 0.4) is 0 Å². The van der Waals surface area contributed by atoms with Gasteiger partial charge in [-0.15, -0.1) is 0 Å². The Balaban J connectivity index is 1.44. The lowest BCUT2D eigenvalue weighted by Gasteiger charge is -2.19. The van der Waals surface area contributed by atoms with Gasteiger partial charge < -0.3 is 4.74 Å². The standard InChI is InChI=1S/C23H26O3/c24-22-14-5-4-11-20(22)12-7-15-23(25)26-17-18-8-6-13-21(16-18)19-9-2-1-3-10-19/h1-3,6,8-10,13,16,20H,4-5,7,11-12,14-15,17H2/t20-/m1/s1. The van der Waals surface area contributed by atoms with Gasteiger partial charge in [-0.25, -0.2) is 0 Å². The summed E-state index contributed by atoms with van der Waals surface area (Å²) in [7, 11) is 0. The molecule has 3 rings (SSSR count). The van der Waals surface area contributed by atoms with Crippen LogP contribution in [0.25, 0.3) is 11.1 Å². The van der Waals surface area contributed by atoms with Crippen molar-refractivity contribution in [1.29, 1.82) is 0 Å². The van der Waals surface area contributed by atoms with Crippen LogP contribution < -0.4 is 0 Å². The molecule has 0 N–H and O–H groups in total. The minimum Gasteiger partial charge on any atom is -0.461 e. The van der Waals surface area contributed by atoms with Crippen molar-refractivity contribution in [1.82, 2.24) is 0 Å². The summed E-state index contributed by atoms with van der Waals surface area (Å²) in [6, 6.07) is 18.2. The van der Waals surface area contributed by atoms with E-state index in [0.29, 0.717) is 25.2 Å². The number of esters is 1. The van der Waals surface area contributed by atoms with E-state index < -0.39 is 0 Å². The molecule has 0 saturated heterocycles. The Labute approximate surface area is 155 Å². The molecule has 2 aromatic rings. The molecule has 1 aliphatic rings. The van der Waals surface area contributed by atoms with Crippen molar-refractivity contribution in [3.8, 4) is 11.1 Å². The maximum absolute atomic E-state index is 12.0. The Bertz CT molecular complexity index is 736. The molecule has 0 aliphatic heterocycles. The Morgan fingerprint density at radius 3 is 2.62 bits per heavy atom. The third-order valence-corrected chi connectivity index (χ3v) is 5.05. The predicted molar refractivity (Wildman–Crippen MR) is 102 cm³/mol. The average Bonchev–Trinajstić information content (AvgIpc) is 2.69. The van der Waals surface area contributed by atoms with Crippen molar-refractivity contribution < 1.29 is 14.3 Å².